The lowest BCUT2D eigenvalue weighted by Crippen LogP contribution is -2.25. The van der Waals surface area contributed by atoms with Crippen LogP contribution in [0.2, 0.25) is 0 Å². The third kappa shape index (κ3) is 2.84. The van der Waals surface area contributed by atoms with E-state index in [1.165, 1.54) is 30.2 Å². The summed E-state index contributed by atoms with van der Waals surface area (Å²) < 4.78 is 7.27. The molecule has 1 saturated carbocycles. The van der Waals surface area contributed by atoms with Crippen molar-refractivity contribution in [3.63, 3.8) is 0 Å². The second kappa shape index (κ2) is 5.40. The van der Waals surface area contributed by atoms with Gasteiger partial charge < -0.3 is 10.5 Å². The normalized spacial score (nSPS) is 22.6. The maximum Gasteiger partial charge on any atom is 0.323 e. The molecule has 1 aliphatic carbocycles. The van der Waals surface area contributed by atoms with E-state index in [1.54, 1.807) is 0 Å². The molecule has 2 unspecified atom stereocenters. The van der Waals surface area contributed by atoms with Crippen molar-refractivity contribution in [2.45, 2.75) is 38.7 Å². The first kappa shape index (κ1) is 12.8. The van der Waals surface area contributed by atoms with Crippen molar-refractivity contribution in [3.05, 3.63) is 12.7 Å². The molecular weight excluding hydrogens is 258 g/mol. The molecule has 2 aromatic rings. The lowest BCUT2D eigenvalue weighted by atomic mass is 9.89. The van der Waals surface area contributed by atoms with Crippen LogP contribution in [0.4, 0.5) is 5.95 Å². The van der Waals surface area contributed by atoms with Gasteiger partial charge in [-0.1, -0.05) is 13.3 Å². The number of hydrogen-bond donors (Lipinski definition) is 1. The van der Waals surface area contributed by atoms with Gasteiger partial charge in [0.25, 0.3) is 5.95 Å². The Morgan fingerprint density at radius 2 is 2.20 bits per heavy atom. The molecule has 2 aromatic heterocycles. The van der Waals surface area contributed by atoms with Gasteiger partial charge in [0.15, 0.2) is 0 Å². The Balaban J connectivity index is 1.79. The largest absolute Gasteiger partial charge is 0.460 e. The summed E-state index contributed by atoms with van der Waals surface area (Å²) in [6.07, 6.45) is 7.51. The first-order chi connectivity index (χ1) is 9.70. The molecule has 0 saturated heterocycles. The number of nitrogens with zero attached hydrogens (tertiary/aromatic N) is 6. The third-order valence-corrected chi connectivity index (χ3v) is 3.40. The summed E-state index contributed by atoms with van der Waals surface area (Å²) in [5.74, 6) is 1.10. The lowest BCUT2D eigenvalue weighted by Gasteiger charge is -2.26. The standard InChI is InChI=1S/C12H17N7O/c1-8-3-2-4-9(5-8)20-12-17-10(13)16-11(18-12)19-7-14-6-15-19/h6-9H,2-5H2,1H3,(H2,13,16,17,18). The zero-order chi connectivity index (χ0) is 13.9. The smallest absolute Gasteiger partial charge is 0.323 e. The molecule has 0 bridgehead atoms. The minimum atomic E-state index is 0.115. The highest BCUT2D eigenvalue weighted by Gasteiger charge is 2.21. The van der Waals surface area contributed by atoms with Gasteiger partial charge in [0.05, 0.1) is 0 Å². The van der Waals surface area contributed by atoms with E-state index in [0.29, 0.717) is 11.9 Å². The quantitative estimate of drug-likeness (QED) is 0.890. The van der Waals surface area contributed by atoms with E-state index in [4.69, 9.17) is 10.5 Å². The van der Waals surface area contributed by atoms with Crippen LogP contribution in [0, 0.1) is 5.92 Å². The van der Waals surface area contributed by atoms with Crippen molar-refractivity contribution in [2.24, 2.45) is 5.92 Å². The number of anilines is 1. The number of aromatic nitrogens is 6. The van der Waals surface area contributed by atoms with Gasteiger partial charge in [-0.25, -0.2) is 4.98 Å². The minimum Gasteiger partial charge on any atom is -0.460 e. The van der Waals surface area contributed by atoms with Crippen LogP contribution in [0.5, 0.6) is 6.01 Å². The molecule has 8 nitrogen and oxygen atoms in total. The number of rotatable bonds is 3. The van der Waals surface area contributed by atoms with Gasteiger partial charge in [-0.15, -0.1) is 0 Å². The van der Waals surface area contributed by atoms with Crippen molar-refractivity contribution < 1.29 is 4.74 Å². The Bertz CT molecular complexity index is 571. The molecule has 20 heavy (non-hydrogen) atoms. The predicted molar refractivity (Wildman–Crippen MR) is 71.2 cm³/mol. The molecule has 8 heteroatoms. The molecule has 1 fully saturated rings. The van der Waals surface area contributed by atoms with Gasteiger partial charge in [0, 0.05) is 0 Å². The predicted octanol–water partition coefficient (Wildman–Crippen LogP) is 0.992. The van der Waals surface area contributed by atoms with Gasteiger partial charge in [-0.3, -0.25) is 0 Å². The van der Waals surface area contributed by atoms with Crippen molar-refractivity contribution >= 4 is 5.95 Å². The summed E-state index contributed by atoms with van der Waals surface area (Å²) in [6, 6.07) is 0.252. The van der Waals surface area contributed by atoms with Crippen LogP contribution in [-0.4, -0.2) is 35.8 Å². The van der Waals surface area contributed by atoms with Gasteiger partial charge in [0.1, 0.15) is 18.8 Å². The van der Waals surface area contributed by atoms with E-state index >= 15 is 0 Å². The van der Waals surface area contributed by atoms with Crippen molar-refractivity contribution in [1.82, 2.24) is 29.7 Å². The number of ether oxygens (including phenoxy) is 1. The molecule has 0 radical (unpaired) electrons. The molecule has 106 valence electrons. The SMILES string of the molecule is CC1CCCC(Oc2nc(N)nc(-n3cncn3)n2)C1. The van der Waals surface area contributed by atoms with E-state index in [9.17, 15) is 0 Å². The lowest BCUT2D eigenvalue weighted by molar-refractivity contribution is 0.118. The van der Waals surface area contributed by atoms with Crippen LogP contribution in [0.3, 0.4) is 0 Å². The topological polar surface area (TPSA) is 105 Å². The van der Waals surface area contributed by atoms with E-state index in [-0.39, 0.29) is 18.1 Å². The number of nitrogen functional groups attached to an aromatic ring is 1. The summed E-state index contributed by atoms with van der Waals surface area (Å²) >= 11 is 0. The van der Waals surface area contributed by atoms with Gasteiger partial charge in [0.2, 0.25) is 5.95 Å². The first-order valence-corrected chi connectivity index (χ1v) is 6.74. The second-order valence-electron chi connectivity index (χ2n) is 5.13. The Morgan fingerprint density at radius 1 is 1.30 bits per heavy atom. The fourth-order valence-corrected chi connectivity index (χ4v) is 2.46. The summed E-state index contributed by atoms with van der Waals surface area (Å²) in [5, 5.41) is 3.97. The van der Waals surface area contributed by atoms with Gasteiger partial charge in [-0.05, 0) is 25.2 Å². The summed E-state index contributed by atoms with van der Waals surface area (Å²) in [4.78, 5) is 16.1. The zero-order valence-corrected chi connectivity index (χ0v) is 11.3. The van der Waals surface area contributed by atoms with Crippen LogP contribution in [0.25, 0.3) is 5.95 Å². The maximum absolute atomic E-state index is 5.84. The molecule has 2 N–H and O–H groups in total. The van der Waals surface area contributed by atoms with Crippen molar-refractivity contribution in [2.75, 3.05) is 5.73 Å². The molecule has 3 rings (SSSR count). The summed E-state index contributed by atoms with van der Waals surface area (Å²) in [5.41, 5.74) is 5.69. The van der Waals surface area contributed by atoms with E-state index in [2.05, 4.69) is 32.0 Å². The molecular formula is C12H17N7O. The molecule has 0 spiro atoms. The van der Waals surface area contributed by atoms with E-state index in [1.807, 2.05) is 0 Å². The van der Waals surface area contributed by atoms with E-state index < -0.39 is 0 Å². The maximum atomic E-state index is 5.84. The highest BCUT2D eigenvalue weighted by Crippen LogP contribution is 2.26. The Morgan fingerprint density at radius 3 is 2.95 bits per heavy atom. The average molecular weight is 275 g/mol. The van der Waals surface area contributed by atoms with Crippen LogP contribution >= 0.6 is 0 Å². The average Bonchev–Trinajstić information content (AvgIpc) is 2.91. The Kier molecular flexibility index (Phi) is 3.44. The van der Waals surface area contributed by atoms with Crippen LogP contribution in [-0.2, 0) is 0 Å². The van der Waals surface area contributed by atoms with Crippen LogP contribution in [0.15, 0.2) is 12.7 Å². The molecule has 1 aliphatic rings. The van der Waals surface area contributed by atoms with Crippen molar-refractivity contribution in [3.8, 4) is 12.0 Å². The third-order valence-electron chi connectivity index (χ3n) is 3.40. The Hall–Kier alpha value is -2.25. The molecule has 0 aliphatic heterocycles. The minimum absolute atomic E-state index is 0.115. The fraction of sp³-hybridized carbons (Fsp3) is 0.583. The zero-order valence-electron chi connectivity index (χ0n) is 11.3. The van der Waals surface area contributed by atoms with Crippen LogP contribution < -0.4 is 10.5 Å². The summed E-state index contributed by atoms with van der Waals surface area (Å²) in [7, 11) is 0. The van der Waals surface area contributed by atoms with Gasteiger partial charge >= 0.3 is 6.01 Å². The molecule has 0 aromatic carbocycles. The summed E-state index contributed by atoms with van der Waals surface area (Å²) in [6.45, 7) is 2.23. The van der Waals surface area contributed by atoms with Crippen LogP contribution in [0.1, 0.15) is 32.6 Å². The monoisotopic (exact) mass is 275 g/mol. The second-order valence-corrected chi connectivity index (χ2v) is 5.13. The number of hydrogen-bond acceptors (Lipinski definition) is 7. The van der Waals surface area contributed by atoms with Crippen molar-refractivity contribution in [1.29, 1.82) is 0 Å². The highest BCUT2D eigenvalue weighted by atomic mass is 16.5. The van der Waals surface area contributed by atoms with E-state index in [0.717, 1.165) is 12.8 Å². The Labute approximate surface area is 116 Å². The number of nitrogens with two attached hydrogens (primary N) is 1. The fourth-order valence-electron chi connectivity index (χ4n) is 2.46. The first-order valence-electron chi connectivity index (χ1n) is 6.74. The highest BCUT2D eigenvalue weighted by molar-refractivity contribution is 5.24. The molecule has 2 atom stereocenters. The van der Waals surface area contributed by atoms with Gasteiger partial charge in [-0.2, -0.15) is 24.7 Å². The molecule has 0 amide bonds. The molecule has 2 heterocycles.